The normalized spacial score (nSPS) is 11.7. The van der Waals surface area contributed by atoms with E-state index in [2.05, 4.69) is 5.32 Å². The van der Waals surface area contributed by atoms with Crippen molar-refractivity contribution in [3.63, 3.8) is 0 Å². The second-order valence-corrected chi connectivity index (χ2v) is 6.15. The number of nitrogens with one attached hydrogen (secondary N) is 1. The Bertz CT molecular complexity index is 767. The minimum atomic E-state index is -0.691. The maximum absolute atomic E-state index is 13.9. The molecule has 0 saturated heterocycles. The molecule has 0 aliphatic heterocycles. The zero-order valence-electron chi connectivity index (χ0n) is 14.1. The molecule has 2 aromatic rings. The van der Waals surface area contributed by atoms with Gasteiger partial charge in [0.15, 0.2) is 0 Å². The fourth-order valence-electron chi connectivity index (χ4n) is 2.53. The Labute approximate surface area is 151 Å². The van der Waals surface area contributed by atoms with Crippen LogP contribution in [0.1, 0.15) is 18.1 Å². The minimum Gasteiger partial charge on any atom is -0.357 e. The van der Waals surface area contributed by atoms with E-state index in [9.17, 15) is 14.0 Å². The molecule has 132 valence electrons. The van der Waals surface area contributed by atoms with E-state index in [4.69, 9.17) is 11.6 Å². The molecule has 0 saturated carbocycles. The number of carbonyl (C=O) groups is 2. The van der Waals surface area contributed by atoms with Crippen molar-refractivity contribution >= 4 is 23.4 Å². The molecule has 0 bridgehead atoms. The van der Waals surface area contributed by atoms with Crippen molar-refractivity contribution in [2.75, 3.05) is 7.05 Å². The van der Waals surface area contributed by atoms with Crippen molar-refractivity contribution in [2.45, 2.75) is 25.9 Å². The molecule has 25 heavy (non-hydrogen) atoms. The lowest BCUT2D eigenvalue weighted by molar-refractivity contribution is -0.139. The van der Waals surface area contributed by atoms with Crippen LogP contribution < -0.4 is 5.32 Å². The van der Waals surface area contributed by atoms with Crippen LogP contribution in [-0.4, -0.2) is 29.8 Å². The Morgan fingerprint density at radius 2 is 1.92 bits per heavy atom. The van der Waals surface area contributed by atoms with Gasteiger partial charge in [0.25, 0.3) is 0 Å². The summed E-state index contributed by atoms with van der Waals surface area (Å²) in [4.78, 5) is 26.2. The molecule has 4 nitrogen and oxygen atoms in total. The highest BCUT2D eigenvalue weighted by Gasteiger charge is 2.26. The largest absolute Gasteiger partial charge is 0.357 e. The molecule has 0 aliphatic rings. The SMILES string of the molecule is CNC(=O)C(C)N(Cc1cccc(Cl)c1)C(=O)Cc1ccccc1F. The standard InChI is InChI=1S/C19H20ClFN2O2/c1-13(19(25)22-2)23(12-14-6-5-8-16(20)10-14)18(24)11-15-7-3-4-9-17(15)21/h3-10,13H,11-12H2,1-2H3,(H,22,25). The first-order valence-corrected chi connectivity index (χ1v) is 8.29. The van der Waals surface area contributed by atoms with E-state index in [-0.39, 0.29) is 24.8 Å². The first kappa shape index (κ1) is 18.9. The second-order valence-electron chi connectivity index (χ2n) is 5.71. The maximum Gasteiger partial charge on any atom is 0.242 e. The van der Waals surface area contributed by atoms with Crippen LogP contribution in [-0.2, 0) is 22.6 Å². The van der Waals surface area contributed by atoms with E-state index in [0.717, 1.165) is 5.56 Å². The van der Waals surface area contributed by atoms with Gasteiger partial charge >= 0.3 is 0 Å². The average Bonchev–Trinajstić information content (AvgIpc) is 2.60. The molecule has 0 spiro atoms. The van der Waals surface area contributed by atoms with Crippen LogP contribution in [0.5, 0.6) is 0 Å². The number of rotatable bonds is 6. The highest BCUT2D eigenvalue weighted by atomic mass is 35.5. The fourth-order valence-corrected chi connectivity index (χ4v) is 2.74. The van der Waals surface area contributed by atoms with Gasteiger partial charge in [-0.1, -0.05) is 41.9 Å². The summed E-state index contributed by atoms with van der Waals surface area (Å²) in [5.74, 6) is -1.06. The summed E-state index contributed by atoms with van der Waals surface area (Å²) in [6.45, 7) is 1.85. The summed E-state index contributed by atoms with van der Waals surface area (Å²) in [6.07, 6.45) is -0.116. The summed E-state index contributed by atoms with van der Waals surface area (Å²) < 4.78 is 13.9. The topological polar surface area (TPSA) is 49.4 Å². The lowest BCUT2D eigenvalue weighted by atomic mass is 10.1. The van der Waals surface area contributed by atoms with Gasteiger partial charge in [0.2, 0.25) is 11.8 Å². The van der Waals surface area contributed by atoms with E-state index in [1.165, 1.54) is 18.0 Å². The van der Waals surface area contributed by atoms with Crippen molar-refractivity contribution in [1.29, 1.82) is 0 Å². The third kappa shape index (κ3) is 5.03. The Hall–Kier alpha value is -2.40. The Morgan fingerprint density at radius 3 is 2.56 bits per heavy atom. The van der Waals surface area contributed by atoms with Gasteiger partial charge in [0.05, 0.1) is 6.42 Å². The highest BCUT2D eigenvalue weighted by molar-refractivity contribution is 6.30. The molecule has 0 fully saturated rings. The number of halogens is 2. The zero-order valence-corrected chi connectivity index (χ0v) is 14.9. The summed E-state index contributed by atoms with van der Waals surface area (Å²) >= 11 is 6.00. The maximum atomic E-state index is 13.9. The van der Waals surface area contributed by atoms with Gasteiger partial charge in [-0.2, -0.15) is 0 Å². The highest BCUT2D eigenvalue weighted by Crippen LogP contribution is 2.16. The van der Waals surface area contributed by atoms with Crippen LogP contribution in [0.3, 0.4) is 0 Å². The van der Waals surface area contributed by atoms with Crippen LogP contribution in [0.4, 0.5) is 4.39 Å². The predicted octanol–water partition coefficient (Wildman–Crippen LogP) is 3.18. The third-order valence-electron chi connectivity index (χ3n) is 3.96. The van der Waals surface area contributed by atoms with Crippen molar-refractivity contribution in [3.8, 4) is 0 Å². The summed E-state index contributed by atoms with van der Waals surface area (Å²) in [6, 6.07) is 12.5. The molecule has 2 aromatic carbocycles. The predicted molar refractivity (Wildman–Crippen MR) is 95.6 cm³/mol. The number of likely N-dealkylation sites (N-methyl/N-ethyl adjacent to an activating group) is 1. The van der Waals surface area contributed by atoms with Crippen molar-refractivity contribution in [2.24, 2.45) is 0 Å². The van der Waals surface area contributed by atoms with Gasteiger partial charge in [-0.25, -0.2) is 4.39 Å². The molecule has 6 heteroatoms. The van der Waals surface area contributed by atoms with Gasteiger partial charge in [-0.15, -0.1) is 0 Å². The van der Waals surface area contributed by atoms with Gasteiger partial charge < -0.3 is 10.2 Å². The van der Waals surface area contributed by atoms with E-state index >= 15 is 0 Å². The molecule has 0 aromatic heterocycles. The molecule has 0 heterocycles. The Morgan fingerprint density at radius 1 is 1.20 bits per heavy atom. The fraction of sp³-hybridized carbons (Fsp3) is 0.263. The first-order valence-electron chi connectivity index (χ1n) is 7.91. The van der Waals surface area contributed by atoms with Crippen LogP contribution in [0.15, 0.2) is 48.5 Å². The van der Waals surface area contributed by atoms with Gasteiger partial charge in [0, 0.05) is 18.6 Å². The van der Waals surface area contributed by atoms with Crippen molar-refractivity contribution in [1.82, 2.24) is 10.2 Å². The molecular formula is C19H20ClFN2O2. The van der Waals surface area contributed by atoms with E-state index in [0.29, 0.717) is 10.6 Å². The van der Waals surface area contributed by atoms with Gasteiger partial charge in [-0.05, 0) is 36.2 Å². The van der Waals surface area contributed by atoms with Crippen LogP contribution in [0.2, 0.25) is 5.02 Å². The number of amides is 2. The number of benzene rings is 2. The Balaban J connectivity index is 2.25. The smallest absolute Gasteiger partial charge is 0.242 e. The third-order valence-corrected chi connectivity index (χ3v) is 4.19. The lowest BCUT2D eigenvalue weighted by Gasteiger charge is -2.28. The number of carbonyl (C=O) groups excluding carboxylic acids is 2. The lowest BCUT2D eigenvalue weighted by Crippen LogP contribution is -2.47. The molecule has 1 atom stereocenters. The van der Waals surface area contributed by atoms with Crippen LogP contribution in [0.25, 0.3) is 0 Å². The monoisotopic (exact) mass is 362 g/mol. The van der Waals surface area contributed by atoms with Crippen LogP contribution >= 0.6 is 11.6 Å². The van der Waals surface area contributed by atoms with E-state index in [1.807, 2.05) is 6.07 Å². The molecule has 0 aliphatic carbocycles. The molecule has 2 rings (SSSR count). The minimum absolute atomic E-state index is 0.116. The molecular weight excluding hydrogens is 343 g/mol. The molecule has 1 unspecified atom stereocenters. The summed E-state index contributed by atoms with van der Waals surface area (Å²) in [5, 5.41) is 3.09. The zero-order chi connectivity index (χ0) is 18.4. The van der Waals surface area contributed by atoms with Crippen molar-refractivity contribution < 1.29 is 14.0 Å². The summed E-state index contributed by atoms with van der Waals surface area (Å²) in [5.41, 5.74) is 1.10. The summed E-state index contributed by atoms with van der Waals surface area (Å²) in [7, 11) is 1.51. The van der Waals surface area contributed by atoms with Gasteiger partial charge in [0.1, 0.15) is 11.9 Å². The van der Waals surface area contributed by atoms with Gasteiger partial charge in [-0.3, -0.25) is 9.59 Å². The molecule has 1 N–H and O–H groups in total. The number of hydrogen-bond acceptors (Lipinski definition) is 2. The second kappa shape index (κ2) is 8.62. The quantitative estimate of drug-likeness (QED) is 0.858. The number of hydrogen-bond donors (Lipinski definition) is 1. The Kier molecular flexibility index (Phi) is 6.53. The van der Waals surface area contributed by atoms with E-state index < -0.39 is 11.9 Å². The van der Waals surface area contributed by atoms with E-state index in [1.54, 1.807) is 43.3 Å². The van der Waals surface area contributed by atoms with Crippen LogP contribution in [0, 0.1) is 5.82 Å². The first-order chi connectivity index (χ1) is 11.9. The molecule has 0 radical (unpaired) electrons. The average molecular weight is 363 g/mol. The number of nitrogens with zero attached hydrogens (tertiary/aromatic N) is 1. The van der Waals surface area contributed by atoms with Crippen molar-refractivity contribution in [3.05, 3.63) is 70.5 Å². The molecule has 2 amide bonds.